The van der Waals surface area contributed by atoms with E-state index in [-0.39, 0.29) is 5.91 Å². The molecule has 0 aliphatic heterocycles. The molecule has 0 saturated heterocycles. The molecule has 0 saturated carbocycles. The van der Waals surface area contributed by atoms with Crippen LogP contribution < -0.4 is 10.1 Å². The first-order valence-electron chi connectivity index (χ1n) is 6.74. The normalized spacial score (nSPS) is 10.0. The Hall–Kier alpha value is -2.62. The molecule has 0 atom stereocenters. The van der Waals surface area contributed by atoms with Gasteiger partial charge in [-0.25, -0.2) is 0 Å². The lowest BCUT2D eigenvalue weighted by molar-refractivity contribution is 0.102. The molecule has 2 rings (SSSR count). The summed E-state index contributed by atoms with van der Waals surface area (Å²) in [6.07, 6.45) is 0.780. The molecule has 0 unspecified atom stereocenters. The van der Waals surface area contributed by atoms with E-state index in [1.165, 1.54) is 0 Å². The van der Waals surface area contributed by atoms with Crippen LogP contribution in [0.25, 0.3) is 0 Å². The standard InChI is InChI=1S/C17H17NO3/c1-3-21-15-9-7-13(8-10-15)17(20)18-16-6-4-5-14(11-19)12(16)2/h4-11H,3H2,1-2H3,(H,18,20). The first-order valence-corrected chi connectivity index (χ1v) is 6.74. The van der Waals surface area contributed by atoms with Crippen molar-refractivity contribution in [2.75, 3.05) is 11.9 Å². The summed E-state index contributed by atoms with van der Waals surface area (Å²) in [5.74, 6) is 0.511. The molecule has 1 amide bonds. The Morgan fingerprint density at radius 2 is 1.90 bits per heavy atom. The van der Waals surface area contributed by atoms with Gasteiger partial charge in [0.25, 0.3) is 5.91 Å². The average Bonchev–Trinajstić information content (AvgIpc) is 2.50. The molecule has 0 aromatic heterocycles. The number of hydrogen-bond donors (Lipinski definition) is 1. The number of ether oxygens (including phenoxy) is 1. The molecule has 2 aromatic carbocycles. The van der Waals surface area contributed by atoms with Crippen molar-refractivity contribution in [3.63, 3.8) is 0 Å². The lowest BCUT2D eigenvalue weighted by Gasteiger charge is -2.10. The predicted octanol–water partition coefficient (Wildman–Crippen LogP) is 3.46. The van der Waals surface area contributed by atoms with Gasteiger partial charge in [-0.2, -0.15) is 0 Å². The van der Waals surface area contributed by atoms with E-state index in [2.05, 4.69) is 5.32 Å². The molecule has 0 fully saturated rings. The van der Waals surface area contributed by atoms with Gasteiger partial charge in [0, 0.05) is 16.8 Å². The van der Waals surface area contributed by atoms with E-state index in [9.17, 15) is 9.59 Å². The highest BCUT2D eigenvalue weighted by molar-refractivity contribution is 6.05. The molecule has 0 radical (unpaired) electrons. The van der Waals surface area contributed by atoms with E-state index in [1.807, 2.05) is 6.92 Å². The molecule has 21 heavy (non-hydrogen) atoms. The summed E-state index contributed by atoms with van der Waals surface area (Å²) in [5, 5.41) is 2.81. The molecule has 108 valence electrons. The fourth-order valence-electron chi connectivity index (χ4n) is 1.98. The maximum atomic E-state index is 12.2. The van der Waals surface area contributed by atoms with E-state index in [0.717, 1.165) is 17.6 Å². The predicted molar refractivity (Wildman–Crippen MR) is 82.1 cm³/mol. The van der Waals surface area contributed by atoms with Gasteiger partial charge < -0.3 is 10.1 Å². The minimum Gasteiger partial charge on any atom is -0.494 e. The van der Waals surface area contributed by atoms with Crippen molar-refractivity contribution in [2.45, 2.75) is 13.8 Å². The van der Waals surface area contributed by atoms with Gasteiger partial charge in [0.05, 0.1) is 6.61 Å². The number of amides is 1. The van der Waals surface area contributed by atoms with Gasteiger partial charge >= 0.3 is 0 Å². The van der Waals surface area contributed by atoms with Crippen LogP contribution in [-0.4, -0.2) is 18.8 Å². The van der Waals surface area contributed by atoms with Crippen LogP contribution in [0, 0.1) is 6.92 Å². The fraction of sp³-hybridized carbons (Fsp3) is 0.176. The Balaban J connectivity index is 2.16. The Morgan fingerprint density at radius 3 is 2.52 bits per heavy atom. The summed E-state index contributed by atoms with van der Waals surface area (Å²) in [6.45, 7) is 4.30. The molecular weight excluding hydrogens is 266 g/mol. The summed E-state index contributed by atoms with van der Waals surface area (Å²) < 4.78 is 5.34. The third-order valence-electron chi connectivity index (χ3n) is 3.18. The Labute approximate surface area is 123 Å². The summed E-state index contributed by atoms with van der Waals surface area (Å²) in [7, 11) is 0. The zero-order valence-electron chi connectivity index (χ0n) is 12.1. The quantitative estimate of drug-likeness (QED) is 0.855. The molecule has 1 N–H and O–H groups in total. The van der Waals surface area contributed by atoms with E-state index >= 15 is 0 Å². The van der Waals surface area contributed by atoms with Gasteiger partial charge in [0.1, 0.15) is 12.0 Å². The van der Waals surface area contributed by atoms with Gasteiger partial charge in [-0.15, -0.1) is 0 Å². The minimum absolute atomic E-state index is 0.218. The van der Waals surface area contributed by atoms with Crippen molar-refractivity contribution in [2.24, 2.45) is 0 Å². The molecule has 0 aliphatic rings. The van der Waals surface area contributed by atoms with Crippen molar-refractivity contribution in [1.29, 1.82) is 0 Å². The van der Waals surface area contributed by atoms with E-state index in [1.54, 1.807) is 49.4 Å². The fourth-order valence-corrected chi connectivity index (χ4v) is 1.98. The average molecular weight is 283 g/mol. The van der Waals surface area contributed by atoms with Crippen LogP contribution in [0.15, 0.2) is 42.5 Å². The topological polar surface area (TPSA) is 55.4 Å². The van der Waals surface area contributed by atoms with Gasteiger partial charge in [0.2, 0.25) is 0 Å². The van der Waals surface area contributed by atoms with Crippen molar-refractivity contribution in [1.82, 2.24) is 0 Å². The SMILES string of the molecule is CCOc1ccc(C(=O)Nc2cccc(C=O)c2C)cc1. The molecule has 0 bridgehead atoms. The van der Waals surface area contributed by atoms with Crippen molar-refractivity contribution in [3.05, 3.63) is 59.2 Å². The van der Waals surface area contributed by atoms with Crippen molar-refractivity contribution in [3.8, 4) is 5.75 Å². The number of nitrogens with one attached hydrogen (secondary N) is 1. The maximum absolute atomic E-state index is 12.2. The van der Waals surface area contributed by atoms with Gasteiger partial charge in [-0.1, -0.05) is 12.1 Å². The third-order valence-corrected chi connectivity index (χ3v) is 3.18. The monoisotopic (exact) mass is 283 g/mol. The van der Waals surface area contributed by atoms with Crippen LogP contribution in [0.4, 0.5) is 5.69 Å². The van der Waals surface area contributed by atoms with Crippen molar-refractivity contribution < 1.29 is 14.3 Å². The second-order valence-electron chi connectivity index (χ2n) is 4.55. The molecule has 4 nitrogen and oxygen atoms in total. The van der Waals surface area contributed by atoms with E-state index < -0.39 is 0 Å². The second kappa shape index (κ2) is 6.70. The smallest absolute Gasteiger partial charge is 0.255 e. The van der Waals surface area contributed by atoms with Crippen LogP contribution in [-0.2, 0) is 0 Å². The van der Waals surface area contributed by atoms with Crippen LogP contribution in [0.5, 0.6) is 5.75 Å². The molecule has 0 aliphatic carbocycles. The number of hydrogen-bond acceptors (Lipinski definition) is 3. The van der Waals surface area contributed by atoms with Crippen molar-refractivity contribution >= 4 is 17.9 Å². The Bertz CT molecular complexity index is 648. The highest BCUT2D eigenvalue weighted by Crippen LogP contribution is 2.19. The number of carbonyl (C=O) groups is 2. The number of carbonyl (C=O) groups excluding carboxylic acids is 2. The molecule has 0 heterocycles. The highest BCUT2D eigenvalue weighted by atomic mass is 16.5. The van der Waals surface area contributed by atoms with E-state index in [4.69, 9.17) is 4.74 Å². The minimum atomic E-state index is -0.218. The summed E-state index contributed by atoms with van der Waals surface area (Å²) in [6, 6.07) is 12.2. The highest BCUT2D eigenvalue weighted by Gasteiger charge is 2.09. The summed E-state index contributed by atoms with van der Waals surface area (Å²) in [4.78, 5) is 23.1. The van der Waals surface area contributed by atoms with Gasteiger partial charge in [0.15, 0.2) is 0 Å². The maximum Gasteiger partial charge on any atom is 0.255 e. The van der Waals surface area contributed by atoms with Crippen LogP contribution in [0.3, 0.4) is 0 Å². The number of benzene rings is 2. The number of aldehydes is 1. The van der Waals surface area contributed by atoms with Gasteiger partial charge in [-0.3, -0.25) is 9.59 Å². The molecule has 4 heteroatoms. The van der Waals surface area contributed by atoms with E-state index in [0.29, 0.717) is 23.4 Å². The first kappa shape index (κ1) is 14.8. The number of anilines is 1. The molecule has 2 aromatic rings. The lowest BCUT2D eigenvalue weighted by atomic mass is 10.1. The zero-order valence-corrected chi connectivity index (χ0v) is 12.1. The molecular formula is C17H17NO3. The first-order chi connectivity index (χ1) is 10.2. The van der Waals surface area contributed by atoms with Crippen LogP contribution >= 0.6 is 0 Å². The lowest BCUT2D eigenvalue weighted by Crippen LogP contribution is -2.13. The molecule has 0 spiro atoms. The van der Waals surface area contributed by atoms with Crippen LogP contribution in [0.2, 0.25) is 0 Å². The third kappa shape index (κ3) is 3.48. The summed E-state index contributed by atoms with van der Waals surface area (Å²) in [5.41, 5.74) is 2.50. The number of rotatable bonds is 5. The second-order valence-corrected chi connectivity index (χ2v) is 4.55. The Morgan fingerprint density at radius 1 is 1.19 bits per heavy atom. The Kier molecular flexibility index (Phi) is 4.72. The zero-order chi connectivity index (χ0) is 15.2. The van der Waals surface area contributed by atoms with Gasteiger partial charge in [-0.05, 0) is 49.7 Å². The largest absolute Gasteiger partial charge is 0.494 e. The van der Waals surface area contributed by atoms with Crippen LogP contribution in [0.1, 0.15) is 33.2 Å². The summed E-state index contributed by atoms with van der Waals surface area (Å²) >= 11 is 0.